The summed E-state index contributed by atoms with van der Waals surface area (Å²) in [6.07, 6.45) is 0.0714. The lowest BCUT2D eigenvalue weighted by Gasteiger charge is -2.05. The predicted octanol–water partition coefficient (Wildman–Crippen LogP) is 1.34. The average Bonchev–Trinajstić information content (AvgIpc) is 2.76. The van der Waals surface area contributed by atoms with E-state index in [-0.39, 0.29) is 12.3 Å². The lowest BCUT2D eigenvalue weighted by Crippen LogP contribution is -2.15. The number of nitrogens with zero attached hydrogens (tertiary/aromatic N) is 3. The quantitative estimate of drug-likeness (QED) is 0.862. The molecule has 0 radical (unpaired) electrons. The van der Waals surface area contributed by atoms with Crippen LogP contribution in [0.1, 0.15) is 11.4 Å². The van der Waals surface area contributed by atoms with Crippen LogP contribution in [-0.4, -0.2) is 26.5 Å². The highest BCUT2D eigenvalue weighted by atomic mass is 35.5. The number of hydrogen-bond donors (Lipinski definition) is 2. The van der Waals surface area contributed by atoms with Crippen LogP contribution in [0.5, 0.6) is 0 Å². The number of halogens is 1. The zero-order valence-corrected chi connectivity index (χ0v) is 9.82. The Morgan fingerprint density at radius 3 is 3.00 bits per heavy atom. The number of anilines is 1. The van der Waals surface area contributed by atoms with Gasteiger partial charge in [0.15, 0.2) is 5.82 Å². The summed E-state index contributed by atoms with van der Waals surface area (Å²) in [6.45, 7) is 1.90. The van der Waals surface area contributed by atoms with Crippen LogP contribution in [0.15, 0.2) is 18.2 Å². The van der Waals surface area contributed by atoms with Crippen molar-refractivity contribution in [1.29, 1.82) is 0 Å². The summed E-state index contributed by atoms with van der Waals surface area (Å²) >= 11 is 5.95. The van der Waals surface area contributed by atoms with Gasteiger partial charge in [0.25, 0.3) is 0 Å². The summed E-state index contributed by atoms with van der Waals surface area (Å²) < 4.78 is 0. The molecule has 6 nitrogen and oxygen atoms in total. The number of benzene rings is 1. The fourth-order valence-electron chi connectivity index (χ4n) is 1.28. The van der Waals surface area contributed by atoms with E-state index in [0.29, 0.717) is 16.5 Å². The monoisotopic (exact) mass is 251 g/mol. The smallest absolute Gasteiger partial charge is 0.232 e. The molecule has 0 spiro atoms. The maximum Gasteiger partial charge on any atom is 0.232 e. The molecule has 0 saturated heterocycles. The molecular formula is C10H10ClN5O. The maximum atomic E-state index is 11.6. The number of carbonyl (C=O) groups excluding carboxylic acids is 1. The summed E-state index contributed by atoms with van der Waals surface area (Å²) in [6, 6.07) is 5.33. The standard InChI is InChI=1S/C10H10ClN5O/c1-6-2-3-7(4-8(6)11)12-10(17)5-9-13-15-16-14-9/h2-4H,5H2,1H3,(H,12,17)(H,13,14,15,16). The molecule has 88 valence electrons. The van der Waals surface area contributed by atoms with Gasteiger partial charge in [0, 0.05) is 10.7 Å². The van der Waals surface area contributed by atoms with Gasteiger partial charge in [-0.3, -0.25) is 4.79 Å². The van der Waals surface area contributed by atoms with Crippen LogP contribution in [-0.2, 0) is 11.2 Å². The second-order valence-electron chi connectivity index (χ2n) is 3.52. The van der Waals surface area contributed by atoms with Crippen LogP contribution in [0.2, 0.25) is 5.02 Å². The predicted molar refractivity (Wildman–Crippen MR) is 62.7 cm³/mol. The number of amides is 1. The van der Waals surface area contributed by atoms with E-state index in [9.17, 15) is 4.79 Å². The first-order valence-corrected chi connectivity index (χ1v) is 5.31. The molecule has 1 amide bonds. The van der Waals surface area contributed by atoms with Crippen molar-refractivity contribution in [3.8, 4) is 0 Å². The number of aryl methyl sites for hydroxylation is 1. The Kier molecular flexibility index (Phi) is 3.34. The van der Waals surface area contributed by atoms with Gasteiger partial charge in [0.05, 0.1) is 6.42 Å². The molecule has 1 heterocycles. The highest BCUT2D eigenvalue weighted by Crippen LogP contribution is 2.19. The number of rotatable bonds is 3. The topological polar surface area (TPSA) is 83.6 Å². The highest BCUT2D eigenvalue weighted by molar-refractivity contribution is 6.31. The molecule has 0 bridgehead atoms. The molecule has 17 heavy (non-hydrogen) atoms. The van der Waals surface area contributed by atoms with E-state index in [1.54, 1.807) is 12.1 Å². The first-order valence-electron chi connectivity index (χ1n) is 4.93. The molecule has 2 rings (SSSR count). The first kappa shape index (κ1) is 11.5. The molecule has 7 heteroatoms. The second-order valence-corrected chi connectivity index (χ2v) is 3.92. The third-order valence-electron chi connectivity index (χ3n) is 2.16. The van der Waals surface area contributed by atoms with Gasteiger partial charge in [-0.25, -0.2) is 0 Å². The van der Waals surface area contributed by atoms with Crippen LogP contribution in [0.25, 0.3) is 0 Å². The summed E-state index contributed by atoms with van der Waals surface area (Å²) in [5.74, 6) is 0.132. The van der Waals surface area contributed by atoms with E-state index in [4.69, 9.17) is 11.6 Å². The summed E-state index contributed by atoms with van der Waals surface area (Å²) in [5.41, 5.74) is 1.61. The molecule has 2 aromatic rings. The minimum atomic E-state index is -0.216. The summed E-state index contributed by atoms with van der Waals surface area (Å²) in [5, 5.41) is 16.4. The number of hydrogen-bond acceptors (Lipinski definition) is 4. The lowest BCUT2D eigenvalue weighted by molar-refractivity contribution is -0.115. The largest absolute Gasteiger partial charge is 0.326 e. The van der Waals surface area contributed by atoms with Crippen molar-refractivity contribution >= 4 is 23.2 Å². The Morgan fingerprint density at radius 2 is 2.35 bits per heavy atom. The van der Waals surface area contributed by atoms with Gasteiger partial charge < -0.3 is 5.32 Å². The van der Waals surface area contributed by atoms with Crippen molar-refractivity contribution in [3.63, 3.8) is 0 Å². The third kappa shape index (κ3) is 3.01. The van der Waals surface area contributed by atoms with E-state index in [2.05, 4.69) is 25.9 Å². The first-order chi connectivity index (χ1) is 8.15. The lowest BCUT2D eigenvalue weighted by atomic mass is 10.2. The van der Waals surface area contributed by atoms with E-state index in [1.165, 1.54) is 0 Å². The van der Waals surface area contributed by atoms with Crippen molar-refractivity contribution in [2.24, 2.45) is 0 Å². The van der Waals surface area contributed by atoms with E-state index in [0.717, 1.165) is 5.56 Å². The maximum absolute atomic E-state index is 11.6. The molecule has 0 saturated carbocycles. The Labute approximate surface area is 102 Å². The highest BCUT2D eigenvalue weighted by Gasteiger charge is 2.08. The van der Waals surface area contributed by atoms with Crippen molar-refractivity contribution < 1.29 is 4.79 Å². The van der Waals surface area contributed by atoms with Gasteiger partial charge in [-0.1, -0.05) is 22.9 Å². The van der Waals surface area contributed by atoms with Crippen molar-refractivity contribution in [3.05, 3.63) is 34.6 Å². The Balaban J connectivity index is 2.00. The molecule has 1 aromatic carbocycles. The molecular weight excluding hydrogens is 242 g/mol. The van der Waals surface area contributed by atoms with Gasteiger partial charge in [-0.05, 0) is 24.6 Å². The van der Waals surface area contributed by atoms with Gasteiger partial charge in [0.2, 0.25) is 5.91 Å². The van der Waals surface area contributed by atoms with Crippen molar-refractivity contribution in [2.75, 3.05) is 5.32 Å². The van der Waals surface area contributed by atoms with E-state index in [1.807, 2.05) is 13.0 Å². The third-order valence-corrected chi connectivity index (χ3v) is 2.57. The van der Waals surface area contributed by atoms with Crippen molar-refractivity contribution in [1.82, 2.24) is 20.6 Å². The minimum Gasteiger partial charge on any atom is -0.326 e. The Hall–Kier alpha value is -1.95. The molecule has 1 aromatic heterocycles. The van der Waals surface area contributed by atoms with Crippen LogP contribution >= 0.6 is 11.6 Å². The fourth-order valence-corrected chi connectivity index (χ4v) is 1.46. The van der Waals surface area contributed by atoms with Crippen LogP contribution < -0.4 is 5.32 Å². The zero-order valence-electron chi connectivity index (χ0n) is 9.07. The van der Waals surface area contributed by atoms with Gasteiger partial charge in [-0.2, -0.15) is 5.21 Å². The molecule has 0 aliphatic rings. The molecule has 0 aliphatic heterocycles. The molecule has 2 N–H and O–H groups in total. The fraction of sp³-hybridized carbons (Fsp3) is 0.200. The van der Waals surface area contributed by atoms with E-state index >= 15 is 0 Å². The summed E-state index contributed by atoms with van der Waals surface area (Å²) in [4.78, 5) is 11.6. The number of tetrazole rings is 1. The average molecular weight is 252 g/mol. The molecule has 0 aliphatic carbocycles. The number of carbonyl (C=O) groups is 1. The number of aromatic amines is 1. The van der Waals surface area contributed by atoms with Gasteiger partial charge in [-0.15, -0.1) is 10.2 Å². The minimum absolute atomic E-state index is 0.0714. The number of H-pyrrole nitrogens is 1. The normalized spacial score (nSPS) is 10.2. The summed E-state index contributed by atoms with van der Waals surface area (Å²) in [7, 11) is 0. The van der Waals surface area contributed by atoms with Crippen LogP contribution in [0.4, 0.5) is 5.69 Å². The molecule has 0 unspecified atom stereocenters. The van der Waals surface area contributed by atoms with Crippen molar-refractivity contribution in [2.45, 2.75) is 13.3 Å². The van der Waals surface area contributed by atoms with Crippen LogP contribution in [0, 0.1) is 6.92 Å². The molecule has 0 atom stereocenters. The van der Waals surface area contributed by atoms with Crippen LogP contribution in [0.3, 0.4) is 0 Å². The van der Waals surface area contributed by atoms with E-state index < -0.39 is 0 Å². The van der Waals surface area contributed by atoms with Gasteiger partial charge >= 0.3 is 0 Å². The molecule has 0 fully saturated rings. The SMILES string of the molecule is Cc1ccc(NC(=O)Cc2nn[nH]n2)cc1Cl. The Morgan fingerprint density at radius 1 is 1.53 bits per heavy atom. The number of nitrogens with one attached hydrogen (secondary N) is 2. The zero-order chi connectivity index (χ0) is 12.3. The second kappa shape index (κ2) is 4.92. The Bertz CT molecular complexity index is 525. The van der Waals surface area contributed by atoms with Gasteiger partial charge in [0.1, 0.15) is 0 Å². The number of aromatic nitrogens is 4.